The smallest absolute Gasteiger partial charge is 0.307 e. The molecule has 2 N–H and O–H groups in total. The molecule has 1 aliphatic heterocycles. The lowest BCUT2D eigenvalue weighted by molar-refractivity contribution is -0.136. The first kappa shape index (κ1) is 15.0. The van der Waals surface area contributed by atoms with Gasteiger partial charge in [0, 0.05) is 13.1 Å². The van der Waals surface area contributed by atoms with Gasteiger partial charge in [0.1, 0.15) is 0 Å². The monoisotopic (exact) mass is 297 g/mol. The maximum absolute atomic E-state index is 11.7. The zero-order chi connectivity index (χ0) is 14.6. The van der Waals surface area contributed by atoms with Gasteiger partial charge in [0.25, 0.3) is 0 Å². The second-order valence-corrected chi connectivity index (χ2v) is 7.50. The number of carbonyl (C=O) groups is 1. The third kappa shape index (κ3) is 3.80. The lowest BCUT2D eigenvalue weighted by atomic mass is 10.0. The van der Waals surface area contributed by atoms with E-state index in [0.717, 1.165) is 17.5 Å². The van der Waals surface area contributed by atoms with Crippen molar-refractivity contribution in [2.24, 2.45) is 0 Å². The van der Waals surface area contributed by atoms with E-state index in [2.05, 4.69) is 5.32 Å². The van der Waals surface area contributed by atoms with Crippen molar-refractivity contribution in [3.05, 3.63) is 35.4 Å². The molecule has 5 nitrogen and oxygen atoms in total. The average molecular weight is 297 g/mol. The number of hydrogen-bond acceptors (Lipinski definition) is 4. The van der Waals surface area contributed by atoms with Gasteiger partial charge in [0.15, 0.2) is 9.84 Å². The Hall–Kier alpha value is -1.40. The average Bonchev–Trinajstić information content (AvgIpc) is 2.70. The molecule has 1 saturated heterocycles. The van der Waals surface area contributed by atoms with Crippen LogP contribution in [0.5, 0.6) is 0 Å². The van der Waals surface area contributed by atoms with E-state index in [9.17, 15) is 13.2 Å². The van der Waals surface area contributed by atoms with Crippen molar-refractivity contribution >= 4 is 15.8 Å². The van der Waals surface area contributed by atoms with E-state index in [4.69, 9.17) is 5.11 Å². The summed E-state index contributed by atoms with van der Waals surface area (Å²) in [7, 11) is -2.93. The molecular formula is C14H19NO4S. The molecule has 2 rings (SSSR count). The molecule has 20 heavy (non-hydrogen) atoms. The molecule has 1 fully saturated rings. The van der Waals surface area contributed by atoms with E-state index in [1.54, 1.807) is 6.07 Å². The van der Waals surface area contributed by atoms with Crippen LogP contribution in [-0.4, -0.2) is 37.0 Å². The van der Waals surface area contributed by atoms with Crippen molar-refractivity contribution in [2.75, 3.05) is 12.3 Å². The highest BCUT2D eigenvalue weighted by molar-refractivity contribution is 7.92. The first-order chi connectivity index (χ1) is 9.49. The highest BCUT2D eigenvalue weighted by atomic mass is 32.2. The minimum Gasteiger partial charge on any atom is -0.481 e. The van der Waals surface area contributed by atoms with Crippen LogP contribution in [0.3, 0.4) is 0 Å². The molecule has 0 spiro atoms. The summed E-state index contributed by atoms with van der Waals surface area (Å²) in [5.41, 5.74) is 1.67. The first-order valence-electron chi connectivity index (χ1n) is 6.70. The molecule has 0 aromatic heterocycles. The minimum atomic E-state index is -2.93. The quantitative estimate of drug-likeness (QED) is 0.818. The maximum atomic E-state index is 11.7. The number of nitrogens with one attached hydrogen (secondary N) is 1. The molecule has 1 heterocycles. The molecule has 1 atom stereocenters. The molecule has 6 heteroatoms. The second kappa shape index (κ2) is 6.37. The van der Waals surface area contributed by atoms with Crippen LogP contribution < -0.4 is 5.32 Å². The van der Waals surface area contributed by atoms with Crippen molar-refractivity contribution in [2.45, 2.75) is 31.1 Å². The van der Waals surface area contributed by atoms with E-state index >= 15 is 0 Å². The fourth-order valence-electron chi connectivity index (χ4n) is 2.52. The standard InChI is InChI=1S/C14H19NO4S/c16-14(17)8-11-4-1-2-5-12(11)9-15-10-13-6-3-7-20(13,18)19/h1-2,4-5,13,15H,3,6-10H2,(H,16,17). The Bertz CT molecular complexity index is 583. The number of sulfone groups is 1. The largest absolute Gasteiger partial charge is 0.481 e. The fraction of sp³-hybridized carbons (Fsp3) is 0.500. The topological polar surface area (TPSA) is 83.5 Å². The predicted octanol–water partition coefficient (Wildman–Crippen LogP) is 0.981. The molecule has 0 amide bonds. The summed E-state index contributed by atoms with van der Waals surface area (Å²) < 4.78 is 23.4. The number of carboxylic acids is 1. The summed E-state index contributed by atoms with van der Waals surface area (Å²) in [5, 5.41) is 11.7. The molecule has 1 aromatic rings. The molecule has 1 aromatic carbocycles. The van der Waals surface area contributed by atoms with E-state index in [1.807, 2.05) is 18.2 Å². The van der Waals surface area contributed by atoms with Gasteiger partial charge in [-0.1, -0.05) is 24.3 Å². The van der Waals surface area contributed by atoms with Crippen LogP contribution in [0.2, 0.25) is 0 Å². The van der Waals surface area contributed by atoms with E-state index in [1.165, 1.54) is 0 Å². The number of rotatable bonds is 6. The molecule has 0 aliphatic carbocycles. The summed E-state index contributed by atoms with van der Waals surface area (Å²) >= 11 is 0. The van der Waals surface area contributed by atoms with Gasteiger partial charge < -0.3 is 10.4 Å². The molecule has 0 bridgehead atoms. The first-order valence-corrected chi connectivity index (χ1v) is 8.41. The Morgan fingerprint density at radius 1 is 1.30 bits per heavy atom. The van der Waals surface area contributed by atoms with Crippen LogP contribution in [0.4, 0.5) is 0 Å². The minimum absolute atomic E-state index is 0.0143. The van der Waals surface area contributed by atoms with Crippen molar-refractivity contribution in [1.29, 1.82) is 0 Å². The summed E-state index contributed by atoms with van der Waals surface area (Å²) in [6, 6.07) is 7.32. The van der Waals surface area contributed by atoms with Gasteiger partial charge in [-0.25, -0.2) is 8.42 Å². The summed E-state index contributed by atoms with van der Waals surface area (Å²) in [4.78, 5) is 10.8. The van der Waals surface area contributed by atoms with Crippen LogP contribution >= 0.6 is 0 Å². The normalized spacial score (nSPS) is 20.9. The summed E-state index contributed by atoms with van der Waals surface area (Å²) in [6.45, 7) is 0.930. The molecule has 1 aliphatic rings. The van der Waals surface area contributed by atoms with Crippen LogP contribution in [0.1, 0.15) is 24.0 Å². The van der Waals surface area contributed by atoms with Gasteiger partial charge in [-0.05, 0) is 24.0 Å². The molecule has 1 unspecified atom stereocenters. The Morgan fingerprint density at radius 2 is 2.00 bits per heavy atom. The van der Waals surface area contributed by atoms with E-state index in [-0.39, 0.29) is 17.4 Å². The molecule has 0 saturated carbocycles. The molecule has 0 radical (unpaired) electrons. The Balaban J connectivity index is 1.93. The maximum Gasteiger partial charge on any atom is 0.307 e. The molecular weight excluding hydrogens is 278 g/mol. The highest BCUT2D eigenvalue weighted by Crippen LogP contribution is 2.19. The van der Waals surface area contributed by atoms with Gasteiger partial charge in [0.2, 0.25) is 0 Å². The SMILES string of the molecule is O=C(O)Cc1ccccc1CNCC1CCCS1(=O)=O. The fourth-order valence-corrected chi connectivity index (χ4v) is 4.32. The Morgan fingerprint density at radius 3 is 2.60 bits per heavy atom. The lowest BCUT2D eigenvalue weighted by Gasteiger charge is -2.12. The second-order valence-electron chi connectivity index (χ2n) is 5.10. The van der Waals surface area contributed by atoms with Crippen molar-refractivity contribution < 1.29 is 18.3 Å². The highest BCUT2D eigenvalue weighted by Gasteiger charge is 2.30. The van der Waals surface area contributed by atoms with Gasteiger partial charge in [0.05, 0.1) is 17.4 Å². The van der Waals surface area contributed by atoms with E-state index < -0.39 is 15.8 Å². The van der Waals surface area contributed by atoms with Crippen molar-refractivity contribution in [3.63, 3.8) is 0 Å². The van der Waals surface area contributed by atoms with E-state index in [0.29, 0.717) is 19.5 Å². The number of carboxylic acid groups (broad SMARTS) is 1. The number of benzene rings is 1. The summed E-state index contributed by atoms with van der Waals surface area (Å²) in [5.74, 6) is -0.578. The van der Waals surface area contributed by atoms with Gasteiger partial charge in [-0.2, -0.15) is 0 Å². The lowest BCUT2D eigenvalue weighted by Crippen LogP contribution is -2.30. The van der Waals surface area contributed by atoms with Gasteiger partial charge in [-0.3, -0.25) is 4.79 Å². The van der Waals surface area contributed by atoms with Gasteiger partial charge in [-0.15, -0.1) is 0 Å². The number of hydrogen-bond donors (Lipinski definition) is 2. The Kier molecular flexibility index (Phi) is 4.77. The zero-order valence-electron chi connectivity index (χ0n) is 11.2. The Labute approximate surface area is 118 Å². The van der Waals surface area contributed by atoms with Crippen LogP contribution in [0.15, 0.2) is 24.3 Å². The predicted molar refractivity (Wildman–Crippen MR) is 76.3 cm³/mol. The third-order valence-electron chi connectivity index (χ3n) is 3.61. The van der Waals surface area contributed by atoms with Crippen LogP contribution in [0.25, 0.3) is 0 Å². The zero-order valence-corrected chi connectivity index (χ0v) is 12.0. The molecule has 110 valence electrons. The number of aliphatic carboxylic acids is 1. The summed E-state index contributed by atoms with van der Waals surface area (Å²) in [6.07, 6.45) is 1.44. The van der Waals surface area contributed by atoms with Gasteiger partial charge >= 0.3 is 5.97 Å². The van der Waals surface area contributed by atoms with Crippen LogP contribution in [0, 0.1) is 0 Å². The van der Waals surface area contributed by atoms with Crippen molar-refractivity contribution in [1.82, 2.24) is 5.32 Å². The van der Waals surface area contributed by atoms with Crippen LogP contribution in [-0.2, 0) is 27.6 Å². The third-order valence-corrected chi connectivity index (χ3v) is 5.89. The van der Waals surface area contributed by atoms with Crippen molar-refractivity contribution in [3.8, 4) is 0 Å².